The summed E-state index contributed by atoms with van der Waals surface area (Å²) in [6.45, 7) is 7.45. The first-order chi connectivity index (χ1) is 14.1. The Hall–Kier alpha value is -3.37. The average molecular weight is 424 g/mol. The topological polar surface area (TPSA) is 99.8 Å². The quantitative estimate of drug-likeness (QED) is 0.649. The Morgan fingerprint density at radius 1 is 1.27 bits per heavy atom. The van der Waals surface area contributed by atoms with E-state index in [1.165, 1.54) is 6.20 Å². The molecule has 0 aliphatic carbocycles. The third-order valence-electron chi connectivity index (χ3n) is 4.50. The van der Waals surface area contributed by atoms with E-state index in [9.17, 15) is 14.9 Å². The van der Waals surface area contributed by atoms with E-state index in [0.717, 1.165) is 5.56 Å². The third kappa shape index (κ3) is 4.61. The largest absolute Gasteiger partial charge is 0.333 e. The van der Waals surface area contributed by atoms with Gasteiger partial charge < -0.3 is 10.6 Å². The lowest BCUT2D eigenvalue weighted by Crippen LogP contribution is -2.43. The summed E-state index contributed by atoms with van der Waals surface area (Å²) in [6.07, 6.45) is 1.23. The van der Waals surface area contributed by atoms with Crippen LogP contribution in [-0.2, 0) is 0 Å². The fourth-order valence-electron chi connectivity index (χ4n) is 3.18. The number of fused-ring (bicyclic) bond motifs is 1. The summed E-state index contributed by atoms with van der Waals surface area (Å²) >= 11 is 6.11. The Kier molecular flexibility index (Phi) is 5.81. The predicted molar refractivity (Wildman–Crippen MR) is 118 cm³/mol. The normalized spacial score (nSPS) is 12.3. The molecule has 0 aliphatic rings. The van der Waals surface area contributed by atoms with Crippen LogP contribution in [0.4, 0.5) is 10.5 Å². The fraction of sp³-hybridized carbons (Fsp3) is 0.273. The molecule has 0 bridgehead atoms. The van der Waals surface area contributed by atoms with Crippen molar-refractivity contribution in [3.05, 3.63) is 69.1 Å². The molecule has 3 rings (SSSR count). The van der Waals surface area contributed by atoms with Crippen molar-refractivity contribution in [2.45, 2.75) is 39.3 Å². The molecule has 0 aliphatic heterocycles. The van der Waals surface area contributed by atoms with Crippen molar-refractivity contribution in [2.75, 3.05) is 5.32 Å². The average Bonchev–Trinajstić information content (AvgIpc) is 2.65. The molecule has 2 aromatic carbocycles. The highest BCUT2D eigenvalue weighted by Crippen LogP contribution is 2.26. The highest BCUT2D eigenvalue weighted by molar-refractivity contribution is 6.30. The van der Waals surface area contributed by atoms with E-state index in [0.29, 0.717) is 21.7 Å². The van der Waals surface area contributed by atoms with Gasteiger partial charge in [0.15, 0.2) is 0 Å². The Morgan fingerprint density at radius 3 is 2.63 bits per heavy atom. The number of halogens is 1. The van der Waals surface area contributed by atoms with Crippen molar-refractivity contribution in [3.63, 3.8) is 0 Å². The smallest absolute Gasteiger partial charge is 0.319 e. The minimum atomic E-state index is -0.432. The molecule has 3 aromatic rings. The second kappa shape index (κ2) is 8.17. The highest BCUT2D eigenvalue weighted by atomic mass is 35.5. The number of hydrogen-bond donors (Lipinski definition) is 2. The van der Waals surface area contributed by atoms with Crippen LogP contribution in [0.25, 0.3) is 11.0 Å². The zero-order valence-corrected chi connectivity index (χ0v) is 17.9. The van der Waals surface area contributed by atoms with E-state index in [1.54, 1.807) is 28.8 Å². The first-order valence-electron chi connectivity index (χ1n) is 9.39. The van der Waals surface area contributed by atoms with E-state index >= 15 is 0 Å². The maximum absolute atomic E-state index is 12.7. The lowest BCUT2D eigenvalue weighted by atomic mass is 10.1. The number of amides is 2. The number of carbonyl (C=O) groups is 1. The number of nitrogens with one attached hydrogen (secondary N) is 2. The van der Waals surface area contributed by atoms with Gasteiger partial charge in [0.05, 0.1) is 34.5 Å². The number of nitrogens with zero attached hydrogens (tertiary/aromatic N) is 3. The number of benzene rings is 2. The molecule has 1 aromatic heterocycles. The van der Waals surface area contributed by atoms with Gasteiger partial charge in [0.25, 0.3) is 5.56 Å². The van der Waals surface area contributed by atoms with Gasteiger partial charge in [0, 0.05) is 10.6 Å². The molecule has 8 heteroatoms. The van der Waals surface area contributed by atoms with Gasteiger partial charge in [-0.3, -0.25) is 9.36 Å². The number of nitriles is 1. The van der Waals surface area contributed by atoms with Crippen LogP contribution < -0.4 is 16.2 Å². The number of rotatable bonds is 3. The van der Waals surface area contributed by atoms with Gasteiger partial charge in [0.2, 0.25) is 0 Å². The Balaban J connectivity index is 2.11. The Labute approximate surface area is 179 Å². The van der Waals surface area contributed by atoms with Gasteiger partial charge >= 0.3 is 6.03 Å². The van der Waals surface area contributed by atoms with Crippen LogP contribution in [0, 0.1) is 11.3 Å². The fourth-order valence-corrected chi connectivity index (χ4v) is 3.38. The van der Waals surface area contributed by atoms with Crippen molar-refractivity contribution in [3.8, 4) is 6.07 Å². The van der Waals surface area contributed by atoms with E-state index in [2.05, 4.69) is 21.7 Å². The molecule has 2 N–H and O–H groups in total. The monoisotopic (exact) mass is 423 g/mol. The first kappa shape index (κ1) is 21.3. The van der Waals surface area contributed by atoms with Gasteiger partial charge in [-0.25, -0.2) is 9.78 Å². The van der Waals surface area contributed by atoms with E-state index in [1.807, 2.05) is 39.8 Å². The molecule has 0 unspecified atom stereocenters. The molecule has 30 heavy (non-hydrogen) atoms. The molecule has 0 spiro atoms. The number of urea groups is 1. The molecule has 0 saturated carbocycles. The van der Waals surface area contributed by atoms with E-state index < -0.39 is 11.6 Å². The van der Waals surface area contributed by atoms with Crippen LogP contribution in [-0.4, -0.2) is 21.1 Å². The van der Waals surface area contributed by atoms with E-state index in [-0.39, 0.29) is 17.2 Å². The van der Waals surface area contributed by atoms with Crippen LogP contribution in [0.1, 0.15) is 44.9 Å². The molecule has 1 atom stereocenters. The van der Waals surface area contributed by atoms with Crippen LogP contribution in [0.3, 0.4) is 0 Å². The molecule has 0 saturated heterocycles. The van der Waals surface area contributed by atoms with Gasteiger partial charge in [-0.05, 0) is 57.5 Å². The van der Waals surface area contributed by atoms with Crippen molar-refractivity contribution in [1.29, 1.82) is 5.26 Å². The van der Waals surface area contributed by atoms with Gasteiger partial charge in [-0.1, -0.05) is 23.7 Å². The van der Waals surface area contributed by atoms with Crippen molar-refractivity contribution in [1.82, 2.24) is 14.9 Å². The zero-order chi connectivity index (χ0) is 22.1. The van der Waals surface area contributed by atoms with Crippen molar-refractivity contribution in [2.24, 2.45) is 0 Å². The van der Waals surface area contributed by atoms with E-state index in [4.69, 9.17) is 11.6 Å². The molecule has 1 heterocycles. The highest BCUT2D eigenvalue weighted by Gasteiger charge is 2.18. The lowest BCUT2D eigenvalue weighted by Gasteiger charge is -2.22. The summed E-state index contributed by atoms with van der Waals surface area (Å²) in [5, 5.41) is 15.7. The Bertz CT molecular complexity index is 1220. The zero-order valence-electron chi connectivity index (χ0n) is 17.2. The van der Waals surface area contributed by atoms with Crippen molar-refractivity contribution < 1.29 is 4.79 Å². The number of carbonyl (C=O) groups excluding carboxylic acids is 1. The molecular weight excluding hydrogens is 402 g/mol. The molecule has 0 radical (unpaired) electrons. The van der Waals surface area contributed by atoms with Gasteiger partial charge in [-0.15, -0.1) is 0 Å². The summed E-state index contributed by atoms with van der Waals surface area (Å²) in [6, 6.07) is 11.7. The summed E-state index contributed by atoms with van der Waals surface area (Å²) < 4.78 is 1.56. The van der Waals surface area contributed by atoms with Crippen LogP contribution >= 0.6 is 11.6 Å². The maximum Gasteiger partial charge on any atom is 0.319 e. The van der Waals surface area contributed by atoms with Crippen LogP contribution in [0.5, 0.6) is 0 Å². The van der Waals surface area contributed by atoms with Crippen LogP contribution in [0.15, 0.2) is 47.4 Å². The summed E-state index contributed by atoms with van der Waals surface area (Å²) in [7, 11) is 0. The molecule has 154 valence electrons. The second-order valence-electron chi connectivity index (χ2n) is 8.02. The minimum absolute atomic E-state index is 0.228. The van der Waals surface area contributed by atoms with Crippen LogP contribution in [0.2, 0.25) is 5.02 Å². The number of aromatic nitrogens is 2. The second-order valence-corrected chi connectivity index (χ2v) is 8.46. The standard InChI is InChI=1S/C22H22ClN5O2/c1-13(14-6-5-7-16(23)8-14)28-19-9-15(11-24)17(10-18(19)25-12-20(28)29)26-21(30)27-22(2,3)4/h5-10,12-13H,1-4H3,(H2,26,27,30)/t13-/m0/s1. The lowest BCUT2D eigenvalue weighted by molar-refractivity contribution is 0.244. The number of hydrogen-bond acceptors (Lipinski definition) is 4. The molecule has 0 fully saturated rings. The molecule has 2 amide bonds. The minimum Gasteiger partial charge on any atom is -0.333 e. The van der Waals surface area contributed by atoms with Gasteiger partial charge in [-0.2, -0.15) is 5.26 Å². The molecule has 7 nitrogen and oxygen atoms in total. The summed E-state index contributed by atoms with van der Waals surface area (Å²) in [4.78, 5) is 29.1. The van der Waals surface area contributed by atoms with Gasteiger partial charge in [0.1, 0.15) is 6.07 Å². The third-order valence-corrected chi connectivity index (χ3v) is 4.74. The summed E-state index contributed by atoms with van der Waals surface area (Å²) in [5.74, 6) is 0. The molecular formula is C22H22ClN5O2. The SMILES string of the molecule is C[C@@H](c1cccc(Cl)c1)n1c(=O)cnc2cc(NC(=O)NC(C)(C)C)c(C#N)cc21. The number of anilines is 1. The summed E-state index contributed by atoms with van der Waals surface area (Å²) in [5.41, 5.74) is 1.64. The Morgan fingerprint density at radius 2 is 2.00 bits per heavy atom. The van der Waals surface area contributed by atoms with Crippen molar-refractivity contribution >= 4 is 34.4 Å². The first-order valence-corrected chi connectivity index (χ1v) is 9.77. The predicted octanol–water partition coefficient (Wildman–Crippen LogP) is 4.45. The maximum atomic E-state index is 12.7.